The number of rotatable bonds is 7. The molecule has 0 aromatic heterocycles. The topological polar surface area (TPSA) is 87.5 Å². The predicted octanol–water partition coefficient (Wildman–Crippen LogP) is 3.79. The van der Waals surface area contributed by atoms with Gasteiger partial charge >= 0.3 is 5.97 Å². The zero-order valence-corrected chi connectivity index (χ0v) is 16.1. The molecule has 0 fully saturated rings. The summed E-state index contributed by atoms with van der Waals surface area (Å²) in [6.07, 6.45) is 0.517. The van der Waals surface area contributed by atoms with Gasteiger partial charge in [0.2, 0.25) is 0 Å². The Balaban J connectivity index is 2.43. The number of hydrogen-bond donors (Lipinski definition) is 0. The molecule has 0 aliphatic heterocycles. The summed E-state index contributed by atoms with van der Waals surface area (Å²) < 4.78 is 32.3. The Hall–Kier alpha value is -2.82. The Morgan fingerprint density at radius 2 is 2.00 bits per heavy atom. The number of ether oxygens (including phenoxy) is 1. The molecule has 2 aromatic carbocycles. The third-order valence-electron chi connectivity index (χ3n) is 3.53. The Morgan fingerprint density at radius 1 is 1.33 bits per heavy atom. The Kier molecular flexibility index (Phi) is 6.61. The first kappa shape index (κ1) is 20.5. The number of hydrogen-bond acceptors (Lipinski definition) is 5. The third kappa shape index (κ3) is 4.88. The Bertz CT molecular complexity index is 982. The van der Waals surface area contributed by atoms with E-state index in [2.05, 4.69) is 6.58 Å². The van der Waals surface area contributed by atoms with Gasteiger partial charge in [0.15, 0.2) is 6.10 Å². The van der Waals surface area contributed by atoms with Crippen LogP contribution >= 0.6 is 11.6 Å². The largest absolute Gasteiger partial charge is 0.444 e. The Morgan fingerprint density at radius 3 is 2.59 bits per heavy atom. The lowest BCUT2D eigenvalue weighted by molar-refractivity contribution is 0.0435. The van der Waals surface area contributed by atoms with Crippen LogP contribution in [0.5, 0.6) is 0 Å². The van der Waals surface area contributed by atoms with Crippen molar-refractivity contribution in [2.45, 2.75) is 17.9 Å². The van der Waals surface area contributed by atoms with Gasteiger partial charge in [-0.05, 0) is 49.4 Å². The molecule has 0 radical (unpaired) electrons. The van der Waals surface area contributed by atoms with Gasteiger partial charge in [-0.25, -0.2) is 13.2 Å². The summed E-state index contributed by atoms with van der Waals surface area (Å²) in [5.41, 5.74) is 0.443. The van der Waals surface area contributed by atoms with Gasteiger partial charge in [0.1, 0.15) is 6.07 Å². The van der Waals surface area contributed by atoms with Crippen molar-refractivity contribution in [1.29, 1.82) is 5.26 Å². The van der Waals surface area contributed by atoms with Gasteiger partial charge in [-0.2, -0.15) is 5.26 Å². The standard InChI is InChI=1S/C19H17ClN2O4S/c1-3-11-22(17-9-7-16(20)8-10-17)27(24,25)18-6-4-5-15(12-18)19(23)26-14(2)13-21/h3-10,12,14H,1,11H2,2H3/t14-/m0/s1. The van der Waals surface area contributed by atoms with E-state index < -0.39 is 22.1 Å². The molecule has 2 aromatic rings. The lowest BCUT2D eigenvalue weighted by Gasteiger charge is -2.23. The highest BCUT2D eigenvalue weighted by atomic mass is 35.5. The van der Waals surface area contributed by atoms with Crippen LogP contribution in [0.4, 0.5) is 5.69 Å². The maximum absolute atomic E-state index is 13.1. The third-order valence-corrected chi connectivity index (χ3v) is 5.57. The van der Waals surface area contributed by atoms with E-state index in [0.29, 0.717) is 10.7 Å². The lowest BCUT2D eigenvalue weighted by atomic mass is 10.2. The van der Waals surface area contributed by atoms with Crippen LogP contribution in [-0.2, 0) is 14.8 Å². The summed E-state index contributed by atoms with van der Waals surface area (Å²) in [6.45, 7) is 5.05. The van der Waals surface area contributed by atoms with E-state index in [1.807, 2.05) is 0 Å². The van der Waals surface area contributed by atoms with E-state index in [4.69, 9.17) is 21.6 Å². The Labute approximate surface area is 163 Å². The summed E-state index contributed by atoms with van der Waals surface area (Å²) in [6, 6.07) is 13.6. The van der Waals surface area contributed by atoms with Crippen molar-refractivity contribution in [3.63, 3.8) is 0 Å². The number of carbonyl (C=O) groups is 1. The molecule has 0 saturated carbocycles. The van der Waals surface area contributed by atoms with Crippen molar-refractivity contribution in [2.24, 2.45) is 0 Å². The molecule has 27 heavy (non-hydrogen) atoms. The van der Waals surface area contributed by atoms with Gasteiger partial charge in [0.05, 0.1) is 22.7 Å². The molecule has 0 heterocycles. The van der Waals surface area contributed by atoms with Crippen LogP contribution < -0.4 is 4.31 Å². The first-order chi connectivity index (χ1) is 12.8. The van der Waals surface area contributed by atoms with Crippen molar-refractivity contribution in [3.05, 3.63) is 71.8 Å². The highest BCUT2D eigenvalue weighted by molar-refractivity contribution is 7.92. The molecular formula is C19H17ClN2O4S. The average Bonchev–Trinajstić information content (AvgIpc) is 2.66. The molecular weight excluding hydrogens is 388 g/mol. The number of halogens is 1. The van der Waals surface area contributed by atoms with Gasteiger partial charge in [0, 0.05) is 5.02 Å². The van der Waals surface area contributed by atoms with Crippen LogP contribution in [-0.4, -0.2) is 27.0 Å². The van der Waals surface area contributed by atoms with Gasteiger partial charge in [0.25, 0.3) is 10.0 Å². The summed E-state index contributed by atoms with van der Waals surface area (Å²) >= 11 is 5.87. The first-order valence-corrected chi connectivity index (χ1v) is 9.71. The van der Waals surface area contributed by atoms with Crippen molar-refractivity contribution < 1.29 is 17.9 Å². The van der Waals surface area contributed by atoms with Gasteiger partial charge < -0.3 is 4.74 Å². The number of sulfonamides is 1. The average molecular weight is 405 g/mol. The van der Waals surface area contributed by atoms with Crippen LogP contribution in [0.3, 0.4) is 0 Å². The summed E-state index contributed by atoms with van der Waals surface area (Å²) in [5, 5.41) is 9.22. The summed E-state index contributed by atoms with van der Waals surface area (Å²) in [4.78, 5) is 12.0. The number of carbonyl (C=O) groups excluding carboxylic acids is 1. The van der Waals surface area contributed by atoms with Crippen LogP contribution in [0.25, 0.3) is 0 Å². The molecule has 0 amide bonds. The van der Waals surface area contributed by atoms with Crippen LogP contribution in [0.2, 0.25) is 5.02 Å². The molecule has 0 bridgehead atoms. The normalized spacial score (nSPS) is 11.9. The van der Waals surface area contributed by atoms with E-state index in [9.17, 15) is 13.2 Å². The summed E-state index contributed by atoms with van der Waals surface area (Å²) in [7, 11) is -3.97. The SMILES string of the molecule is C=CCN(c1ccc(Cl)cc1)S(=O)(=O)c1cccc(C(=O)O[C@@H](C)C#N)c1. The molecule has 0 saturated heterocycles. The van der Waals surface area contributed by atoms with Gasteiger partial charge in [-0.3, -0.25) is 4.31 Å². The molecule has 0 aliphatic rings. The van der Waals surface area contributed by atoms with Gasteiger partial charge in [-0.15, -0.1) is 6.58 Å². The van der Waals surface area contributed by atoms with Crippen molar-refractivity contribution in [1.82, 2.24) is 0 Å². The fourth-order valence-corrected chi connectivity index (χ4v) is 3.84. The smallest absolute Gasteiger partial charge is 0.339 e. The highest BCUT2D eigenvalue weighted by Crippen LogP contribution is 2.26. The molecule has 0 aliphatic carbocycles. The molecule has 0 unspecified atom stereocenters. The molecule has 0 spiro atoms. The van der Waals surface area contributed by atoms with E-state index in [0.717, 1.165) is 4.31 Å². The maximum atomic E-state index is 13.1. The number of anilines is 1. The number of esters is 1. The second-order valence-electron chi connectivity index (χ2n) is 5.51. The van der Waals surface area contributed by atoms with E-state index >= 15 is 0 Å². The van der Waals surface area contributed by atoms with Crippen molar-refractivity contribution in [2.75, 3.05) is 10.8 Å². The predicted molar refractivity (Wildman–Crippen MR) is 103 cm³/mol. The van der Waals surface area contributed by atoms with Crippen molar-refractivity contribution in [3.8, 4) is 6.07 Å². The summed E-state index contributed by atoms with van der Waals surface area (Å²) in [5.74, 6) is -0.775. The monoisotopic (exact) mass is 404 g/mol. The minimum Gasteiger partial charge on any atom is -0.444 e. The lowest BCUT2D eigenvalue weighted by Crippen LogP contribution is -2.31. The minimum atomic E-state index is -3.97. The molecule has 2 rings (SSSR count). The second kappa shape index (κ2) is 8.71. The van der Waals surface area contributed by atoms with Crippen LogP contribution in [0.15, 0.2) is 66.1 Å². The zero-order valence-electron chi connectivity index (χ0n) is 14.5. The van der Waals surface area contributed by atoms with E-state index in [-0.39, 0.29) is 17.0 Å². The van der Waals surface area contributed by atoms with Crippen molar-refractivity contribution >= 4 is 33.3 Å². The number of nitrogens with zero attached hydrogens (tertiary/aromatic N) is 2. The van der Waals surface area contributed by atoms with E-state index in [1.165, 1.54) is 37.3 Å². The molecule has 1 atom stereocenters. The number of benzene rings is 2. The first-order valence-electron chi connectivity index (χ1n) is 7.89. The molecule has 0 N–H and O–H groups in total. The highest BCUT2D eigenvalue weighted by Gasteiger charge is 2.25. The minimum absolute atomic E-state index is 0.0319. The quantitative estimate of drug-likeness (QED) is 0.517. The molecule has 140 valence electrons. The van der Waals surface area contributed by atoms with E-state index in [1.54, 1.807) is 30.3 Å². The fourth-order valence-electron chi connectivity index (χ4n) is 2.23. The van der Waals surface area contributed by atoms with Gasteiger partial charge in [-0.1, -0.05) is 23.7 Å². The zero-order chi connectivity index (χ0) is 20.0. The maximum Gasteiger partial charge on any atom is 0.339 e. The number of nitriles is 1. The second-order valence-corrected chi connectivity index (χ2v) is 7.80. The van der Waals surface area contributed by atoms with Crippen LogP contribution in [0.1, 0.15) is 17.3 Å². The fraction of sp³-hybridized carbons (Fsp3) is 0.158. The molecule has 6 nitrogen and oxygen atoms in total. The molecule has 8 heteroatoms. The van der Waals surface area contributed by atoms with Crippen LogP contribution in [0, 0.1) is 11.3 Å².